The molecule has 0 radical (unpaired) electrons. The SMILES string of the molecule is CCCCCC(=O)Nc1cccc(NCC(=O)Nc2ccc(OCCOc3ccccc3)cc2)c1. The number of nitrogens with one attached hydrogen (secondary N) is 3. The number of benzene rings is 3. The molecule has 3 rings (SSSR count). The highest BCUT2D eigenvalue weighted by Gasteiger charge is 2.06. The van der Waals surface area contributed by atoms with E-state index in [0.29, 0.717) is 36.8 Å². The summed E-state index contributed by atoms with van der Waals surface area (Å²) in [6.45, 7) is 3.07. The summed E-state index contributed by atoms with van der Waals surface area (Å²) < 4.78 is 11.3. The van der Waals surface area contributed by atoms with E-state index in [1.807, 2.05) is 54.6 Å². The van der Waals surface area contributed by atoms with E-state index in [0.717, 1.165) is 30.7 Å². The van der Waals surface area contributed by atoms with Crippen LogP contribution in [0.2, 0.25) is 0 Å². The van der Waals surface area contributed by atoms with Gasteiger partial charge in [-0.2, -0.15) is 0 Å². The van der Waals surface area contributed by atoms with Crippen LogP contribution in [-0.2, 0) is 9.59 Å². The van der Waals surface area contributed by atoms with Crippen LogP contribution in [-0.4, -0.2) is 31.6 Å². The second-order valence-electron chi connectivity index (χ2n) is 8.02. The Balaban J connectivity index is 1.36. The van der Waals surface area contributed by atoms with Crippen LogP contribution in [0, 0.1) is 0 Å². The zero-order chi connectivity index (χ0) is 24.7. The van der Waals surface area contributed by atoms with Crippen molar-refractivity contribution in [2.45, 2.75) is 32.6 Å². The third kappa shape index (κ3) is 9.80. The fourth-order valence-electron chi connectivity index (χ4n) is 3.32. The third-order valence-corrected chi connectivity index (χ3v) is 5.11. The maximum Gasteiger partial charge on any atom is 0.243 e. The van der Waals surface area contributed by atoms with Crippen LogP contribution in [0.25, 0.3) is 0 Å². The van der Waals surface area contributed by atoms with Gasteiger partial charge in [-0.05, 0) is 61.0 Å². The molecule has 0 bridgehead atoms. The Morgan fingerprint density at radius 2 is 1.34 bits per heavy atom. The summed E-state index contributed by atoms with van der Waals surface area (Å²) in [5.41, 5.74) is 2.15. The molecule has 3 N–H and O–H groups in total. The van der Waals surface area contributed by atoms with Crippen molar-refractivity contribution in [3.63, 3.8) is 0 Å². The molecule has 0 fully saturated rings. The van der Waals surface area contributed by atoms with Crippen LogP contribution in [0.5, 0.6) is 11.5 Å². The van der Waals surface area contributed by atoms with Gasteiger partial charge in [0.25, 0.3) is 0 Å². The molecule has 0 aliphatic heterocycles. The number of carbonyl (C=O) groups excluding carboxylic acids is 2. The minimum atomic E-state index is -0.177. The number of para-hydroxylation sites is 1. The van der Waals surface area contributed by atoms with Crippen molar-refractivity contribution >= 4 is 28.9 Å². The molecule has 2 amide bonds. The van der Waals surface area contributed by atoms with Crippen LogP contribution in [0.15, 0.2) is 78.9 Å². The van der Waals surface area contributed by atoms with Gasteiger partial charge in [0, 0.05) is 23.5 Å². The molecule has 35 heavy (non-hydrogen) atoms. The van der Waals surface area contributed by atoms with Crippen LogP contribution in [0.4, 0.5) is 17.1 Å². The minimum absolute atomic E-state index is 0.00416. The predicted molar refractivity (Wildman–Crippen MR) is 140 cm³/mol. The van der Waals surface area contributed by atoms with Crippen molar-refractivity contribution in [2.24, 2.45) is 0 Å². The van der Waals surface area contributed by atoms with Gasteiger partial charge in [-0.3, -0.25) is 9.59 Å². The number of ether oxygens (including phenoxy) is 2. The van der Waals surface area contributed by atoms with E-state index >= 15 is 0 Å². The quantitative estimate of drug-likeness (QED) is 0.260. The van der Waals surface area contributed by atoms with Gasteiger partial charge in [-0.1, -0.05) is 44.0 Å². The van der Waals surface area contributed by atoms with Gasteiger partial charge >= 0.3 is 0 Å². The number of anilines is 3. The highest BCUT2D eigenvalue weighted by atomic mass is 16.5. The Morgan fingerprint density at radius 1 is 0.686 bits per heavy atom. The lowest BCUT2D eigenvalue weighted by atomic mass is 10.2. The fourth-order valence-corrected chi connectivity index (χ4v) is 3.32. The first-order valence-corrected chi connectivity index (χ1v) is 12.0. The summed E-state index contributed by atoms with van der Waals surface area (Å²) in [6, 6.07) is 24.1. The average molecular weight is 476 g/mol. The van der Waals surface area contributed by atoms with Crippen molar-refractivity contribution in [1.29, 1.82) is 0 Å². The lowest BCUT2D eigenvalue weighted by Crippen LogP contribution is -2.21. The molecule has 0 aliphatic carbocycles. The molecule has 184 valence electrons. The summed E-state index contributed by atoms with van der Waals surface area (Å²) in [5, 5.41) is 8.84. The van der Waals surface area contributed by atoms with Crippen molar-refractivity contribution in [1.82, 2.24) is 0 Å². The maximum absolute atomic E-state index is 12.3. The van der Waals surface area contributed by atoms with E-state index in [9.17, 15) is 9.59 Å². The first-order valence-electron chi connectivity index (χ1n) is 12.0. The summed E-state index contributed by atoms with van der Waals surface area (Å²) >= 11 is 0. The molecule has 7 heteroatoms. The Bertz CT molecular complexity index is 1060. The molecule has 0 saturated heterocycles. The van der Waals surface area contributed by atoms with Gasteiger partial charge in [0.2, 0.25) is 11.8 Å². The van der Waals surface area contributed by atoms with E-state index in [4.69, 9.17) is 9.47 Å². The number of hydrogen-bond donors (Lipinski definition) is 3. The molecule has 3 aromatic rings. The average Bonchev–Trinajstić information content (AvgIpc) is 2.87. The van der Waals surface area contributed by atoms with Gasteiger partial charge < -0.3 is 25.4 Å². The molecular formula is C28H33N3O4. The first kappa shape index (κ1) is 25.6. The molecule has 0 aliphatic rings. The Kier molecular flexibility index (Phi) is 10.5. The van der Waals surface area contributed by atoms with Crippen molar-refractivity contribution in [3.05, 3.63) is 78.9 Å². The van der Waals surface area contributed by atoms with Gasteiger partial charge in [-0.15, -0.1) is 0 Å². The van der Waals surface area contributed by atoms with E-state index in [-0.39, 0.29) is 18.4 Å². The van der Waals surface area contributed by atoms with Gasteiger partial charge in [-0.25, -0.2) is 0 Å². The zero-order valence-electron chi connectivity index (χ0n) is 20.1. The van der Waals surface area contributed by atoms with Crippen molar-refractivity contribution < 1.29 is 19.1 Å². The van der Waals surface area contributed by atoms with Crippen LogP contribution in [0.3, 0.4) is 0 Å². The number of carbonyl (C=O) groups is 2. The number of rotatable bonds is 14. The van der Waals surface area contributed by atoms with E-state index in [1.165, 1.54) is 0 Å². The number of amides is 2. The topological polar surface area (TPSA) is 88.7 Å². The summed E-state index contributed by atoms with van der Waals surface area (Å²) in [6.07, 6.45) is 3.52. The molecule has 0 saturated carbocycles. The summed E-state index contributed by atoms with van der Waals surface area (Å²) in [7, 11) is 0. The van der Waals surface area contributed by atoms with E-state index in [1.54, 1.807) is 24.3 Å². The standard InChI is InChI=1S/C28H33N3O4/c1-2-3-5-13-27(32)31-24-10-8-9-23(20-24)29-21-28(33)30-22-14-16-26(17-15-22)35-19-18-34-25-11-6-4-7-12-25/h4,6-12,14-17,20,29H,2-3,5,13,18-19,21H2,1H3,(H,30,33)(H,31,32). The molecular weight excluding hydrogens is 442 g/mol. The normalized spacial score (nSPS) is 10.3. The van der Waals surface area contributed by atoms with Gasteiger partial charge in [0.15, 0.2) is 0 Å². The van der Waals surface area contributed by atoms with Crippen molar-refractivity contribution in [2.75, 3.05) is 35.7 Å². The number of unbranched alkanes of at least 4 members (excludes halogenated alkanes) is 2. The Morgan fingerprint density at radius 3 is 2.06 bits per heavy atom. The van der Waals surface area contributed by atoms with E-state index < -0.39 is 0 Å². The predicted octanol–water partition coefficient (Wildman–Crippen LogP) is 5.71. The maximum atomic E-state index is 12.3. The minimum Gasteiger partial charge on any atom is -0.490 e. The molecule has 0 unspecified atom stereocenters. The molecule has 0 spiro atoms. The summed E-state index contributed by atoms with van der Waals surface area (Å²) in [4.78, 5) is 24.3. The van der Waals surface area contributed by atoms with Crippen LogP contribution in [0.1, 0.15) is 32.6 Å². The third-order valence-electron chi connectivity index (χ3n) is 5.11. The fraction of sp³-hybridized carbons (Fsp3) is 0.286. The first-order chi connectivity index (χ1) is 17.1. The lowest BCUT2D eigenvalue weighted by Gasteiger charge is -2.11. The largest absolute Gasteiger partial charge is 0.490 e. The summed E-state index contributed by atoms with van der Waals surface area (Å²) in [5.74, 6) is 1.33. The molecule has 7 nitrogen and oxygen atoms in total. The molecule has 0 aromatic heterocycles. The van der Waals surface area contributed by atoms with Gasteiger partial charge in [0.05, 0.1) is 6.54 Å². The monoisotopic (exact) mass is 475 g/mol. The van der Waals surface area contributed by atoms with Crippen LogP contribution < -0.4 is 25.4 Å². The van der Waals surface area contributed by atoms with Crippen molar-refractivity contribution in [3.8, 4) is 11.5 Å². The molecule has 0 atom stereocenters. The van der Waals surface area contributed by atoms with E-state index in [2.05, 4.69) is 22.9 Å². The smallest absolute Gasteiger partial charge is 0.243 e. The Labute approximate surface area is 206 Å². The number of hydrogen-bond acceptors (Lipinski definition) is 5. The molecule has 3 aromatic carbocycles. The van der Waals surface area contributed by atoms with Crippen LogP contribution >= 0.6 is 0 Å². The lowest BCUT2D eigenvalue weighted by molar-refractivity contribution is -0.116. The second kappa shape index (κ2) is 14.3. The highest BCUT2D eigenvalue weighted by molar-refractivity contribution is 5.94. The Hall–Kier alpha value is -4.00. The highest BCUT2D eigenvalue weighted by Crippen LogP contribution is 2.17. The van der Waals surface area contributed by atoms with Gasteiger partial charge in [0.1, 0.15) is 24.7 Å². The zero-order valence-corrected chi connectivity index (χ0v) is 20.1. The second-order valence-corrected chi connectivity index (χ2v) is 8.02. The molecule has 0 heterocycles.